The van der Waals surface area contributed by atoms with E-state index >= 15 is 0 Å². The van der Waals surface area contributed by atoms with E-state index < -0.39 is 11.5 Å². The predicted octanol–water partition coefficient (Wildman–Crippen LogP) is 0.614. The monoisotopic (exact) mass is 237 g/mol. The van der Waals surface area contributed by atoms with Crippen molar-refractivity contribution in [3.8, 4) is 6.07 Å². The molecule has 94 valence electrons. The topological polar surface area (TPSA) is 64.4 Å². The predicted molar refractivity (Wildman–Crippen MR) is 62.8 cm³/mol. The molecular formula is C12H19N3O2. The molecule has 5 nitrogen and oxygen atoms in total. The maximum absolute atomic E-state index is 12.2. The van der Waals surface area contributed by atoms with Crippen molar-refractivity contribution in [1.29, 1.82) is 5.26 Å². The molecule has 17 heavy (non-hydrogen) atoms. The number of carbonyl (C=O) groups excluding carboxylic acids is 2. The minimum absolute atomic E-state index is 0.0506. The van der Waals surface area contributed by atoms with Crippen LogP contribution in [-0.2, 0) is 9.59 Å². The van der Waals surface area contributed by atoms with Crippen molar-refractivity contribution in [3.63, 3.8) is 0 Å². The van der Waals surface area contributed by atoms with Crippen molar-refractivity contribution in [2.24, 2.45) is 5.41 Å². The van der Waals surface area contributed by atoms with Crippen LogP contribution in [0, 0.1) is 16.7 Å². The lowest BCUT2D eigenvalue weighted by Crippen LogP contribution is -2.46. The van der Waals surface area contributed by atoms with Gasteiger partial charge < -0.3 is 9.80 Å². The smallest absolute Gasteiger partial charge is 0.245 e. The molecule has 1 aliphatic heterocycles. The van der Waals surface area contributed by atoms with Gasteiger partial charge in [-0.3, -0.25) is 9.59 Å². The van der Waals surface area contributed by atoms with Crippen LogP contribution in [0.5, 0.6) is 0 Å². The number of hydrogen-bond acceptors (Lipinski definition) is 3. The second-order valence-corrected chi connectivity index (χ2v) is 5.14. The third-order valence-corrected chi connectivity index (χ3v) is 3.48. The summed E-state index contributed by atoms with van der Waals surface area (Å²) in [6.45, 7) is 5.95. The zero-order valence-electron chi connectivity index (χ0n) is 10.8. The van der Waals surface area contributed by atoms with Crippen LogP contribution in [0.2, 0.25) is 0 Å². The van der Waals surface area contributed by atoms with Crippen molar-refractivity contribution in [2.45, 2.75) is 39.3 Å². The van der Waals surface area contributed by atoms with Crippen molar-refractivity contribution in [1.82, 2.24) is 9.80 Å². The number of carbonyl (C=O) groups is 2. The van der Waals surface area contributed by atoms with Gasteiger partial charge in [0.05, 0.1) is 11.5 Å². The fourth-order valence-corrected chi connectivity index (χ4v) is 2.24. The lowest BCUT2D eigenvalue weighted by molar-refractivity contribution is -0.140. The minimum atomic E-state index is -0.476. The maximum atomic E-state index is 12.2. The molecular weight excluding hydrogens is 218 g/mol. The van der Waals surface area contributed by atoms with Gasteiger partial charge in [0.15, 0.2) is 0 Å². The van der Waals surface area contributed by atoms with Crippen molar-refractivity contribution in [3.05, 3.63) is 0 Å². The first-order valence-corrected chi connectivity index (χ1v) is 5.73. The standard InChI is InChI=1S/C12H19N3O2/c1-9-5-12(3,6-13)7-15(9)11(17)10(2)14(4)8-16/h8-10H,5,7H2,1-4H3/t9-,10?,12-/m0/s1. The number of hydrogen-bond donors (Lipinski definition) is 0. The Morgan fingerprint density at radius 1 is 1.71 bits per heavy atom. The van der Waals surface area contributed by atoms with Crippen LogP contribution >= 0.6 is 0 Å². The largest absolute Gasteiger partial charge is 0.337 e. The summed E-state index contributed by atoms with van der Waals surface area (Å²) in [6, 6.07) is 1.84. The quantitative estimate of drug-likeness (QED) is 0.676. The Hall–Kier alpha value is -1.57. The van der Waals surface area contributed by atoms with E-state index in [0.29, 0.717) is 19.4 Å². The number of amides is 2. The molecule has 0 spiro atoms. The number of nitriles is 1. The van der Waals surface area contributed by atoms with Gasteiger partial charge in [-0.2, -0.15) is 5.26 Å². The lowest BCUT2D eigenvalue weighted by atomic mass is 9.90. The summed E-state index contributed by atoms with van der Waals surface area (Å²) >= 11 is 0. The highest BCUT2D eigenvalue weighted by molar-refractivity contribution is 5.83. The molecule has 0 saturated carbocycles. The van der Waals surface area contributed by atoms with Crippen molar-refractivity contribution in [2.75, 3.05) is 13.6 Å². The molecule has 0 aliphatic carbocycles. The average molecular weight is 237 g/mol. The lowest BCUT2D eigenvalue weighted by Gasteiger charge is -2.28. The Morgan fingerprint density at radius 3 is 2.71 bits per heavy atom. The van der Waals surface area contributed by atoms with E-state index in [1.807, 2.05) is 13.8 Å². The molecule has 0 bridgehead atoms. The Balaban J connectivity index is 2.79. The number of rotatable bonds is 3. The summed E-state index contributed by atoms with van der Waals surface area (Å²) in [4.78, 5) is 25.9. The normalized spacial score (nSPS) is 29.6. The van der Waals surface area contributed by atoms with Crippen LogP contribution in [0.3, 0.4) is 0 Å². The Labute approximate surface area is 102 Å². The molecule has 3 atom stereocenters. The maximum Gasteiger partial charge on any atom is 0.245 e. The first-order chi connectivity index (χ1) is 7.84. The van der Waals surface area contributed by atoms with E-state index in [2.05, 4.69) is 6.07 Å². The highest BCUT2D eigenvalue weighted by Crippen LogP contribution is 2.34. The fraction of sp³-hybridized carbons (Fsp3) is 0.750. The molecule has 0 N–H and O–H groups in total. The molecule has 0 aromatic heterocycles. The summed E-state index contributed by atoms with van der Waals surface area (Å²) in [5, 5.41) is 9.08. The van der Waals surface area contributed by atoms with E-state index in [1.165, 1.54) is 4.90 Å². The van der Waals surface area contributed by atoms with E-state index in [9.17, 15) is 9.59 Å². The highest BCUT2D eigenvalue weighted by Gasteiger charge is 2.42. The van der Waals surface area contributed by atoms with E-state index in [-0.39, 0.29) is 11.9 Å². The first-order valence-electron chi connectivity index (χ1n) is 5.73. The van der Waals surface area contributed by atoms with Gasteiger partial charge in [0.2, 0.25) is 12.3 Å². The van der Waals surface area contributed by atoms with E-state index in [1.54, 1.807) is 18.9 Å². The second-order valence-electron chi connectivity index (χ2n) is 5.14. The van der Waals surface area contributed by atoms with Crippen LogP contribution in [0.15, 0.2) is 0 Å². The summed E-state index contributed by atoms with van der Waals surface area (Å²) < 4.78 is 0. The molecule has 1 heterocycles. The SMILES string of the molecule is CC(C(=O)N1C[C@](C)(C#N)C[C@@H]1C)N(C)C=O. The number of nitrogens with zero attached hydrogens (tertiary/aromatic N) is 3. The van der Waals surface area contributed by atoms with Crippen LogP contribution in [0.4, 0.5) is 0 Å². The summed E-state index contributed by atoms with van der Waals surface area (Å²) in [7, 11) is 1.58. The molecule has 0 aromatic rings. The fourth-order valence-electron chi connectivity index (χ4n) is 2.24. The molecule has 0 aromatic carbocycles. The van der Waals surface area contributed by atoms with Gasteiger partial charge in [0.25, 0.3) is 0 Å². The van der Waals surface area contributed by atoms with Crippen molar-refractivity contribution < 1.29 is 9.59 Å². The minimum Gasteiger partial charge on any atom is -0.337 e. The van der Waals surface area contributed by atoms with E-state index in [4.69, 9.17) is 5.26 Å². The van der Waals surface area contributed by atoms with Crippen LogP contribution < -0.4 is 0 Å². The van der Waals surface area contributed by atoms with Gasteiger partial charge in [-0.1, -0.05) is 0 Å². The number of likely N-dealkylation sites (tertiary alicyclic amines) is 1. The molecule has 1 rings (SSSR count). The molecule has 5 heteroatoms. The second kappa shape index (κ2) is 4.74. The Morgan fingerprint density at radius 2 is 2.29 bits per heavy atom. The third kappa shape index (κ3) is 2.57. The van der Waals surface area contributed by atoms with E-state index in [0.717, 1.165) is 0 Å². The molecule has 1 fully saturated rings. The third-order valence-electron chi connectivity index (χ3n) is 3.48. The van der Waals surface area contributed by atoms with Gasteiger partial charge in [-0.05, 0) is 27.2 Å². The highest BCUT2D eigenvalue weighted by atomic mass is 16.2. The van der Waals surface area contributed by atoms with Gasteiger partial charge in [-0.15, -0.1) is 0 Å². The molecule has 1 aliphatic rings. The molecule has 1 unspecified atom stereocenters. The zero-order valence-corrected chi connectivity index (χ0v) is 10.8. The van der Waals surface area contributed by atoms with Gasteiger partial charge in [0, 0.05) is 19.6 Å². The van der Waals surface area contributed by atoms with Crippen LogP contribution in [0.1, 0.15) is 27.2 Å². The van der Waals surface area contributed by atoms with Gasteiger partial charge in [-0.25, -0.2) is 0 Å². The molecule has 1 saturated heterocycles. The molecule has 0 radical (unpaired) electrons. The molecule has 2 amide bonds. The first kappa shape index (κ1) is 13.5. The number of likely N-dealkylation sites (N-methyl/N-ethyl adjacent to an activating group) is 1. The summed E-state index contributed by atoms with van der Waals surface area (Å²) in [5.41, 5.74) is -0.464. The Bertz CT molecular complexity index is 363. The van der Waals surface area contributed by atoms with Crippen LogP contribution in [0.25, 0.3) is 0 Å². The van der Waals surface area contributed by atoms with Gasteiger partial charge >= 0.3 is 0 Å². The van der Waals surface area contributed by atoms with Crippen molar-refractivity contribution >= 4 is 12.3 Å². The summed E-state index contributed by atoms with van der Waals surface area (Å²) in [6.07, 6.45) is 1.33. The summed E-state index contributed by atoms with van der Waals surface area (Å²) in [5.74, 6) is -0.0916. The van der Waals surface area contributed by atoms with Crippen LogP contribution in [-0.4, -0.2) is 47.8 Å². The Kier molecular flexibility index (Phi) is 3.76. The average Bonchev–Trinajstić information content (AvgIpc) is 2.62. The van der Waals surface area contributed by atoms with Gasteiger partial charge in [0.1, 0.15) is 6.04 Å². The zero-order chi connectivity index (χ0) is 13.2.